The number of anilines is 2. The number of alkyl halides is 2. The largest absolute Gasteiger partial charge is 0.415 e. The van der Waals surface area contributed by atoms with Crippen molar-refractivity contribution >= 4 is 22.8 Å². The number of aromatic nitrogens is 7. The molecule has 0 saturated carbocycles. The Balaban J connectivity index is 1.58. The van der Waals surface area contributed by atoms with Gasteiger partial charge in [-0.25, -0.2) is 14.6 Å². The Morgan fingerprint density at radius 1 is 1.30 bits per heavy atom. The fraction of sp³-hybridized carbons (Fsp3) is 0.188. The minimum Gasteiger partial charge on any atom is -0.415 e. The molecular weight excluding hydrogens is 358 g/mol. The van der Waals surface area contributed by atoms with Gasteiger partial charge >= 0.3 is 6.61 Å². The van der Waals surface area contributed by atoms with Crippen molar-refractivity contribution in [1.29, 1.82) is 0 Å². The van der Waals surface area contributed by atoms with Crippen LogP contribution in [0.5, 0.6) is 5.88 Å². The van der Waals surface area contributed by atoms with E-state index in [1.165, 1.54) is 12.3 Å². The van der Waals surface area contributed by atoms with E-state index in [4.69, 9.17) is 0 Å². The molecule has 27 heavy (non-hydrogen) atoms. The molecule has 0 radical (unpaired) electrons. The minimum atomic E-state index is -2.94. The zero-order valence-electron chi connectivity index (χ0n) is 14.1. The van der Waals surface area contributed by atoms with Crippen LogP contribution in [0.15, 0.2) is 36.9 Å². The number of nitrogens with zero attached hydrogens (tertiary/aromatic N) is 6. The number of aromatic amines is 1. The van der Waals surface area contributed by atoms with Gasteiger partial charge < -0.3 is 10.1 Å². The molecule has 2 N–H and O–H groups in total. The van der Waals surface area contributed by atoms with Crippen molar-refractivity contribution < 1.29 is 13.5 Å². The SMILES string of the molecule is Cc1ccncc1Cn1ncc2ncc(Nc3cc(OC(F)F)n[nH]3)nc21. The molecule has 9 nitrogen and oxygen atoms in total. The Hall–Kier alpha value is -3.63. The smallest absolute Gasteiger partial charge is 0.388 e. The second-order valence-electron chi connectivity index (χ2n) is 5.69. The lowest BCUT2D eigenvalue weighted by Gasteiger charge is -2.07. The summed E-state index contributed by atoms with van der Waals surface area (Å²) in [4.78, 5) is 12.9. The van der Waals surface area contributed by atoms with E-state index >= 15 is 0 Å². The summed E-state index contributed by atoms with van der Waals surface area (Å²) >= 11 is 0. The van der Waals surface area contributed by atoms with E-state index in [0.717, 1.165) is 11.1 Å². The van der Waals surface area contributed by atoms with Gasteiger partial charge in [-0.15, -0.1) is 5.10 Å². The molecule has 138 valence electrons. The zero-order chi connectivity index (χ0) is 18.8. The average molecular weight is 372 g/mol. The molecule has 0 aromatic carbocycles. The van der Waals surface area contributed by atoms with Gasteiger partial charge in [-0.1, -0.05) is 0 Å². The molecule has 0 aliphatic heterocycles. The Morgan fingerprint density at radius 2 is 2.19 bits per heavy atom. The summed E-state index contributed by atoms with van der Waals surface area (Å²) in [5, 5.41) is 13.4. The summed E-state index contributed by atoms with van der Waals surface area (Å²) in [6.07, 6.45) is 6.66. The lowest BCUT2D eigenvalue weighted by atomic mass is 10.2. The van der Waals surface area contributed by atoms with E-state index in [-0.39, 0.29) is 5.88 Å². The van der Waals surface area contributed by atoms with Crippen molar-refractivity contribution in [2.75, 3.05) is 5.32 Å². The lowest BCUT2D eigenvalue weighted by molar-refractivity contribution is -0.0528. The van der Waals surface area contributed by atoms with E-state index in [9.17, 15) is 8.78 Å². The maximum atomic E-state index is 12.2. The van der Waals surface area contributed by atoms with Crippen LogP contribution in [0, 0.1) is 6.92 Å². The summed E-state index contributed by atoms with van der Waals surface area (Å²) in [7, 11) is 0. The van der Waals surface area contributed by atoms with Crippen LogP contribution in [0.1, 0.15) is 11.1 Å². The standard InChI is InChI=1S/C16H14F2N8O/c1-9-2-3-19-5-10(9)8-26-15-11(6-21-26)20-7-13(23-15)22-12-4-14(25-24-12)27-16(17)18/h2-7,16H,8H2,1H3,(H2,22,23,24,25). The van der Waals surface area contributed by atoms with Crippen LogP contribution < -0.4 is 10.1 Å². The summed E-state index contributed by atoms with van der Waals surface area (Å²) in [6, 6.07) is 3.23. The molecule has 0 aliphatic rings. The number of pyridine rings is 1. The number of rotatable bonds is 6. The number of hydrogen-bond acceptors (Lipinski definition) is 7. The minimum absolute atomic E-state index is 0.223. The van der Waals surface area contributed by atoms with Crippen molar-refractivity contribution in [3.05, 3.63) is 48.0 Å². The third-order valence-electron chi connectivity index (χ3n) is 3.84. The molecule has 0 amide bonds. The molecule has 4 heterocycles. The van der Waals surface area contributed by atoms with Crippen LogP contribution in [0.4, 0.5) is 20.4 Å². The maximum Gasteiger partial charge on any atom is 0.388 e. The van der Waals surface area contributed by atoms with E-state index < -0.39 is 6.61 Å². The van der Waals surface area contributed by atoms with E-state index in [1.807, 2.05) is 13.0 Å². The second-order valence-corrected chi connectivity index (χ2v) is 5.69. The Bertz CT molecular complexity index is 1080. The predicted molar refractivity (Wildman–Crippen MR) is 91.9 cm³/mol. The molecule has 4 aromatic rings. The number of ether oxygens (including phenoxy) is 1. The van der Waals surface area contributed by atoms with Crippen molar-refractivity contribution in [3.8, 4) is 5.88 Å². The van der Waals surface area contributed by atoms with E-state index in [1.54, 1.807) is 23.3 Å². The van der Waals surface area contributed by atoms with Crippen molar-refractivity contribution in [2.24, 2.45) is 0 Å². The van der Waals surface area contributed by atoms with Crippen LogP contribution in [-0.2, 0) is 6.54 Å². The molecule has 11 heteroatoms. The van der Waals surface area contributed by atoms with E-state index in [2.05, 4.69) is 40.3 Å². The molecule has 0 fully saturated rings. The molecular formula is C16H14F2N8O. The molecule has 0 bridgehead atoms. The first-order chi connectivity index (χ1) is 13.1. The van der Waals surface area contributed by atoms with Crippen LogP contribution in [-0.4, -0.2) is 41.5 Å². The molecule has 0 unspecified atom stereocenters. The van der Waals surface area contributed by atoms with Crippen molar-refractivity contribution in [1.82, 2.24) is 34.9 Å². The fourth-order valence-corrected chi connectivity index (χ4v) is 2.51. The van der Waals surface area contributed by atoms with Gasteiger partial charge in [-0.05, 0) is 24.1 Å². The van der Waals surface area contributed by atoms with Gasteiger partial charge in [0.1, 0.15) is 11.3 Å². The van der Waals surface area contributed by atoms with Crippen LogP contribution in [0.2, 0.25) is 0 Å². The van der Waals surface area contributed by atoms with Crippen molar-refractivity contribution in [2.45, 2.75) is 20.1 Å². The molecule has 4 rings (SSSR count). The zero-order valence-corrected chi connectivity index (χ0v) is 14.1. The number of hydrogen-bond donors (Lipinski definition) is 2. The van der Waals surface area contributed by atoms with Gasteiger partial charge in [0.05, 0.1) is 18.9 Å². The average Bonchev–Trinajstić information content (AvgIpc) is 3.23. The highest BCUT2D eigenvalue weighted by molar-refractivity contribution is 5.72. The summed E-state index contributed by atoms with van der Waals surface area (Å²) in [5.41, 5.74) is 3.32. The topological polar surface area (TPSA) is 106 Å². The van der Waals surface area contributed by atoms with Gasteiger partial charge in [0, 0.05) is 18.5 Å². The fourth-order valence-electron chi connectivity index (χ4n) is 2.51. The molecule has 0 atom stereocenters. The third kappa shape index (κ3) is 3.66. The number of aryl methyl sites for hydroxylation is 1. The summed E-state index contributed by atoms with van der Waals surface area (Å²) < 4.78 is 30.4. The second kappa shape index (κ2) is 6.94. The van der Waals surface area contributed by atoms with Crippen molar-refractivity contribution in [3.63, 3.8) is 0 Å². The number of fused-ring (bicyclic) bond motifs is 1. The summed E-state index contributed by atoms with van der Waals surface area (Å²) in [6.45, 7) is -0.446. The number of H-pyrrole nitrogens is 1. The Morgan fingerprint density at radius 3 is 3.00 bits per heavy atom. The van der Waals surface area contributed by atoms with Crippen LogP contribution in [0.25, 0.3) is 11.2 Å². The molecule has 0 spiro atoms. The molecule has 0 saturated heterocycles. The highest BCUT2D eigenvalue weighted by atomic mass is 19.3. The van der Waals surface area contributed by atoms with Gasteiger partial charge in [0.15, 0.2) is 11.5 Å². The molecule has 0 aliphatic carbocycles. The normalized spacial score (nSPS) is 11.3. The van der Waals surface area contributed by atoms with Crippen LogP contribution in [0.3, 0.4) is 0 Å². The first-order valence-corrected chi connectivity index (χ1v) is 7.94. The Labute approximate surface area is 151 Å². The van der Waals surface area contributed by atoms with Crippen LogP contribution >= 0.6 is 0 Å². The lowest BCUT2D eigenvalue weighted by Crippen LogP contribution is -2.05. The summed E-state index contributed by atoms with van der Waals surface area (Å²) in [5.74, 6) is 0.520. The predicted octanol–water partition coefficient (Wildman–Crippen LogP) is 2.65. The first kappa shape index (κ1) is 16.8. The van der Waals surface area contributed by atoms with Gasteiger partial charge in [0.25, 0.3) is 0 Å². The highest BCUT2D eigenvalue weighted by Gasteiger charge is 2.11. The van der Waals surface area contributed by atoms with Gasteiger partial charge in [-0.3, -0.25) is 10.1 Å². The van der Waals surface area contributed by atoms with Gasteiger partial charge in [0.2, 0.25) is 5.88 Å². The third-order valence-corrected chi connectivity index (χ3v) is 3.84. The number of nitrogens with one attached hydrogen (secondary N) is 2. The monoisotopic (exact) mass is 372 g/mol. The number of halogens is 2. The Kier molecular flexibility index (Phi) is 4.32. The van der Waals surface area contributed by atoms with E-state index in [0.29, 0.717) is 29.3 Å². The molecule has 4 aromatic heterocycles. The van der Waals surface area contributed by atoms with Gasteiger partial charge in [-0.2, -0.15) is 13.9 Å². The maximum absolute atomic E-state index is 12.2. The highest BCUT2D eigenvalue weighted by Crippen LogP contribution is 2.20. The first-order valence-electron chi connectivity index (χ1n) is 7.94. The quantitative estimate of drug-likeness (QED) is 0.536.